The largest absolute Gasteiger partial charge is 0.378 e. The number of rotatable bonds is 4. The average molecular weight is 411 g/mol. The number of H-pyrrole nitrogens is 1. The fourth-order valence-electron chi connectivity index (χ4n) is 3.84. The zero-order chi connectivity index (χ0) is 21.0. The van der Waals surface area contributed by atoms with E-state index in [1.54, 1.807) is 12.4 Å². The Kier molecular flexibility index (Phi) is 5.29. The highest BCUT2D eigenvalue weighted by Gasteiger charge is 2.15. The Bertz CT molecular complexity index is 1220. The molecule has 0 bridgehead atoms. The molecule has 154 valence electrons. The summed E-state index contributed by atoms with van der Waals surface area (Å²) >= 11 is 0. The number of carbonyl (C=O) groups excluding carboxylic acids is 1. The summed E-state index contributed by atoms with van der Waals surface area (Å²) in [6.45, 7) is 3.26. The normalized spacial score (nSPS) is 13.9. The molecule has 1 amide bonds. The summed E-state index contributed by atoms with van der Waals surface area (Å²) in [6.07, 6.45) is 3.55. The van der Waals surface area contributed by atoms with Gasteiger partial charge in [0.1, 0.15) is 0 Å². The highest BCUT2D eigenvalue weighted by Crippen LogP contribution is 2.27. The van der Waals surface area contributed by atoms with E-state index in [0.29, 0.717) is 11.1 Å². The first-order valence-corrected chi connectivity index (χ1v) is 10.4. The average Bonchev–Trinajstić information content (AvgIpc) is 2.84. The summed E-state index contributed by atoms with van der Waals surface area (Å²) in [6, 6.07) is 21.7. The van der Waals surface area contributed by atoms with Crippen LogP contribution in [0.3, 0.4) is 0 Å². The minimum Gasteiger partial charge on any atom is -0.378 e. The molecule has 31 heavy (non-hydrogen) atoms. The summed E-state index contributed by atoms with van der Waals surface area (Å²) in [5.41, 5.74) is 5.01. The lowest BCUT2D eigenvalue weighted by atomic mass is 10.1. The third-order valence-corrected chi connectivity index (χ3v) is 5.46. The van der Waals surface area contributed by atoms with Crippen molar-refractivity contribution in [2.75, 3.05) is 36.5 Å². The Morgan fingerprint density at radius 2 is 1.77 bits per heavy atom. The number of carbonyl (C=O) groups is 1. The fraction of sp³-hybridized carbons (Fsp3) is 0.160. The van der Waals surface area contributed by atoms with Crippen molar-refractivity contribution in [2.45, 2.75) is 0 Å². The smallest absolute Gasteiger partial charge is 0.257 e. The van der Waals surface area contributed by atoms with Gasteiger partial charge in [0, 0.05) is 41.9 Å². The van der Waals surface area contributed by atoms with Crippen molar-refractivity contribution in [3.8, 4) is 11.3 Å². The van der Waals surface area contributed by atoms with E-state index in [0.717, 1.165) is 54.3 Å². The van der Waals surface area contributed by atoms with Crippen LogP contribution >= 0.6 is 0 Å². The Morgan fingerprint density at radius 1 is 0.968 bits per heavy atom. The zero-order valence-electron chi connectivity index (χ0n) is 17.0. The molecule has 0 radical (unpaired) electrons. The number of hydrogen-bond acceptors (Lipinski definition) is 4. The molecule has 4 aromatic rings. The summed E-state index contributed by atoms with van der Waals surface area (Å²) < 4.78 is 5.47. The van der Waals surface area contributed by atoms with Gasteiger partial charge in [-0.2, -0.15) is 0 Å². The standard InChI is InChI=1S/C25H22N4O2/c30-25(27-20-9-11-26-12-10-20)22-6-2-3-18-7-8-23(28-24(18)22)19-4-1-5-21(17-19)29-13-15-31-16-14-29/h1-12,17H,13-16H2,(H,26,27,30)/p+1. The van der Waals surface area contributed by atoms with E-state index in [9.17, 15) is 4.79 Å². The molecule has 5 rings (SSSR count). The SMILES string of the molecule is O=C(Nc1cc[nH+]cc1)c1cccc2ccc(-c3cccc(N4CCOCC4)c3)nc12. The predicted octanol–water partition coefficient (Wildman–Crippen LogP) is 3.80. The van der Waals surface area contributed by atoms with Crippen molar-refractivity contribution in [3.63, 3.8) is 0 Å². The molecule has 2 aromatic heterocycles. The maximum Gasteiger partial charge on any atom is 0.257 e. The molecule has 6 heteroatoms. The van der Waals surface area contributed by atoms with Crippen LogP contribution in [-0.4, -0.2) is 37.2 Å². The Hall–Kier alpha value is -3.77. The van der Waals surface area contributed by atoms with Crippen molar-refractivity contribution >= 4 is 28.2 Å². The number of nitrogens with zero attached hydrogens (tertiary/aromatic N) is 2. The molecule has 3 heterocycles. The number of hydrogen-bond donors (Lipinski definition) is 1. The number of amides is 1. The number of morpholine rings is 1. The molecule has 0 aliphatic carbocycles. The van der Waals surface area contributed by atoms with Gasteiger partial charge in [0.2, 0.25) is 0 Å². The Labute approximate surface area is 180 Å². The van der Waals surface area contributed by atoms with E-state index in [-0.39, 0.29) is 5.91 Å². The molecule has 0 saturated carbocycles. The number of ether oxygens (including phenoxy) is 1. The molecular formula is C25H23N4O2+. The van der Waals surface area contributed by atoms with Gasteiger partial charge in [-0.3, -0.25) is 4.79 Å². The monoisotopic (exact) mass is 411 g/mol. The number of aromatic amines is 1. The van der Waals surface area contributed by atoms with E-state index in [1.165, 1.54) is 0 Å². The van der Waals surface area contributed by atoms with Gasteiger partial charge >= 0.3 is 0 Å². The van der Waals surface area contributed by atoms with Crippen LogP contribution in [-0.2, 0) is 4.74 Å². The van der Waals surface area contributed by atoms with E-state index in [1.807, 2.05) is 42.5 Å². The highest BCUT2D eigenvalue weighted by molar-refractivity contribution is 6.12. The van der Waals surface area contributed by atoms with Crippen LogP contribution in [0.1, 0.15) is 10.4 Å². The predicted molar refractivity (Wildman–Crippen MR) is 121 cm³/mol. The molecule has 1 aliphatic rings. The summed E-state index contributed by atoms with van der Waals surface area (Å²) in [5, 5.41) is 3.88. The van der Waals surface area contributed by atoms with E-state index < -0.39 is 0 Å². The lowest BCUT2D eigenvalue weighted by molar-refractivity contribution is -0.377. The number of para-hydroxylation sites is 1. The molecule has 2 N–H and O–H groups in total. The van der Waals surface area contributed by atoms with Gasteiger partial charge in [-0.15, -0.1) is 0 Å². The molecule has 1 aliphatic heterocycles. The first kappa shape index (κ1) is 19.2. The van der Waals surface area contributed by atoms with Crippen LogP contribution in [0.4, 0.5) is 11.4 Å². The molecule has 1 fully saturated rings. The van der Waals surface area contributed by atoms with Crippen molar-refractivity contribution in [1.82, 2.24) is 4.98 Å². The van der Waals surface area contributed by atoms with Crippen molar-refractivity contribution in [2.24, 2.45) is 0 Å². The molecule has 6 nitrogen and oxygen atoms in total. The number of benzene rings is 2. The second kappa shape index (κ2) is 8.53. The molecule has 2 aromatic carbocycles. The van der Waals surface area contributed by atoms with Crippen LogP contribution in [0.15, 0.2) is 79.1 Å². The number of pyridine rings is 2. The van der Waals surface area contributed by atoms with Crippen LogP contribution in [0.5, 0.6) is 0 Å². The second-order valence-electron chi connectivity index (χ2n) is 7.47. The number of fused-ring (bicyclic) bond motifs is 1. The topological polar surface area (TPSA) is 68.6 Å². The quantitative estimate of drug-likeness (QED) is 0.555. The van der Waals surface area contributed by atoms with Crippen molar-refractivity contribution in [3.05, 3.63) is 84.7 Å². The van der Waals surface area contributed by atoms with Gasteiger partial charge in [-0.05, 0) is 24.3 Å². The zero-order valence-corrected chi connectivity index (χ0v) is 17.0. The first-order valence-electron chi connectivity index (χ1n) is 10.4. The van der Waals surface area contributed by atoms with Gasteiger partial charge in [-0.1, -0.05) is 30.3 Å². The maximum atomic E-state index is 13.0. The third-order valence-electron chi connectivity index (χ3n) is 5.46. The Balaban J connectivity index is 1.50. The maximum absolute atomic E-state index is 13.0. The highest BCUT2D eigenvalue weighted by atomic mass is 16.5. The molecule has 0 unspecified atom stereocenters. The summed E-state index contributed by atoms with van der Waals surface area (Å²) in [5.74, 6) is -0.177. The van der Waals surface area contributed by atoms with Gasteiger partial charge in [-0.25, -0.2) is 9.97 Å². The van der Waals surface area contributed by atoms with Crippen LogP contribution in [0, 0.1) is 0 Å². The lowest BCUT2D eigenvalue weighted by Gasteiger charge is -2.29. The van der Waals surface area contributed by atoms with Crippen molar-refractivity contribution < 1.29 is 14.5 Å². The van der Waals surface area contributed by atoms with Gasteiger partial charge in [0.05, 0.1) is 35.7 Å². The van der Waals surface area contributed by atoms with Crippen molar-refractivity contribution in [1.29, 1.82) is 0 Å². The number of aromatic nitrogens is 2. The molecule has 0 spiro atoms. The third kappa shape index (κ3) is 4.11. The second-order valence-corrected chi connectivity index (χ2v) is 7.47. The van der Waals surface area contributed by atoms with E-state index >= 15 is 0 Å². The van der Waals surface area contributed by atoms with E-state index in [2.05, 4.69) is 39.5 Å². The van der Waals surface area contributed by atoms with E-state index in [4.69, 9.17) is 9.72 Å². The minimum atomic E-state index is -0.177. The Morgan fingerprint density at radius 3 is 2.61 bits per heavy atom. The van der Waals surface area contributed by atoms with Gasteiger partial charge < -0.3 is 15.0 Å². The molecule has 1 saturated heterocycles. The van der Waals surface area contributed by atoms with Gasteiger partial charge in [0.25, 0.3) is 5.91 Å². The van der Waals surface area contributed by atoms with Crippen LogP contribution < -0.4 is 15.2 Å². The number of anilines is 2. The lowest BCUT2D eigenvalue weighted by Crippen LogP contribution is -2.36. The first-order chi connectivity index (χ1) is 15.3. The number of nitrogens with one attached hydrogen (secondary N) is 2. The fourth-order valence-corrected chi connectivity index (χ4v) is 3.84. The summed E-state index contributed by atoms with van der Waals surface area (Å²) in [4.78, 5) is 23.1. The molecular weight excluding hydrogens is 388 g/mol. The van der Waals surface area contributed by atoms with Crippen LogP contribution in [0.2, 0.25) is 0 Å². The molecule has 0 atom stereocenters. The summed E-state index contributed by atoms with van der Waals surface area (Å²) in [7, 11) is 0. The van der Waals surface area contributed by atoms with Crippen LogP contribution in [0.25, 0.3) is 22.2 Å². The minimum absolute atomic E-state index is 0.177. The van der Waals surface area contributed by atoms with Gasteiger partial charge in [0.15, 0.2) is 12.4 Å².